The van der Waals surface area contributed by atoms with Gasteiger partial charge in [0.05, 0.1) is 0 Å². The predicted molar refractivity (Wildman–Crippen MR) is 107 cm³/mol. The van der Waals surface area contributed by atoms with Gasteiger partial charge in [-0.15, -0.1) is 0 Å². The fraction of sp³-hybridized carbons (Fsp3) is 0.682. The Bertz CT molecular complexity index is 904. The molecule has 156 valence electrons. The molecule has 1 unspecified atom stereocenters. The molecule has 2 saturated heterocycles. The summed E-state index contributed by atoms with van der Waals surface area (Å²) in [5.74, 6) is -1.20. The van der Waals surface area contributed by atoms with E-state index in [4.69, 9.17) is 0 Å². The van der Waals surface area contributed by atoms with Crippen molar-refractivity contribution in [3.05, 3.63) is 33.2 Å². The van der Waals surface area contributed by atoms with Crippen molar-refractivity contribution >= 4 is 11.9 Å². The second-order valence-corrected chi connectivity index (χ2v) is 9.43. The molecule has 3 fully saturated rings. The highest BCUT2D eigenvalue weighted by Gasteiger charge is 2.59. The Morgan fingerprint density at radius 3 is 2.59 bits per heavy atom. The number of hydrogen-bond donors (Lipinski definition) is 2. The van der Waals surface area contributed by atoms with Crippen LogP contribution in [0.3, 0.4) is 0 Å². The van der Waals surface area contributed by atoms with E-state index in [-0.39, 0.29) is 29.5 Å². The highest BCUT2D eigenvalue weighted by atomic mass is 16.4. The molecule has 5 rings (SSSR count). The summed E-state index contributed by atoms with van der Waals surface area (Å²) in [5, 5.41) is 10.1. The molecule has 2 aliphatic carbocycles. The first kappa shape index (κ1) is 18.9. The molecule has 0 bridgehead atoms. The second kappa shape index (κ2) is 6.97. The summed E-state index contributed by atoms with van der Waals surface area (Å²) in [6.07, 6.45) is 8.73. The molecule has 1 amide bonds. The quantitative estimate of drug-likeness (QED) is 0.806. The molecule has 29 heavy (non-hydrogen) atoms. The van der Waals surface area contributed by atoms with Gasteiger partial charge >= 0.3 is 5.97 Å². The summed E-state index contributed by atoms with van der Waals surface area (Å²) in [5.41, 5.74) is 0.895. The molecule has 3 heterocycles. The SMILES string of the molecule is O=C(c1cc2c([nH]c1=O)CCC2)N1CC2CN(C3CCCCC3)C[C@@]2(C(=O)O)C1. The molecular formula is C22H29N3O4. The Kier molecular flexibility index (Phi) is 4.53. The Balaban J connectivity index is 1.37. The number of carbonyl (C=O) groups excluding carboxylic acids is 1. The smallest absolute Gasteiger partial charge is 0.313 e. The van der Waals surface area contributed by atoms with Crippen LogP contribution >= 0.6 is 0 Å². The molecule has 0 spiro atoms. The van der Waals surface area contributed by atoms with Crippen LogP contribution in [0.1, 0.15) is 60.1 Å². The van der Waals surface area contributed by atoms with E-state index < -0.39 is 11.4 Å². The highest BCUT2D eigenvalue weighted by Crippen LogP contribution is 2.45. The molecular weight excluding hydrogens is 370 g/mol. The third kappa shape index (κ3) is 3.01. The van der Waals surface area contributed by atoms with E-state index in [1.165, 1.54) is 19.3 Å². The maximum absolute atomic E-state index is 13.1. The van der Waals surface area contributed by atoms with Crippen molar-refractivity contribution in [1.29, 1.82) is 0 Å². The third-order valence-corrected chi connectivity index (χ3v) is 7.76. The minimum Gasteiger partial charge on any atom is -0.481 e. The number of carbonyl (C=O) groups is 2. The van der Waals surface area contributed by atoms with Crippen molar-refractivity contribution in [2.75, 3.05) is 26.2 Å². The first-order valence-electron chi connectivity index (χ1n) is 11.0. The van der Waals surface area contributed by atoms with Crippen molar-refractivity contribution in [2.24, 2.45) is 11.3 Å². The monoisotopic (exact) mass is 399 g/mol. The predicted octanol–water partition coefficient (Wildman–Crippen LogP) is 1.65. The number of amides is 1. The fourth-order valence-corrected chi connectivity index (χ4v) is 6.13. The molecule has 2 atom stereocenters. The van der Waals surface area contributed by atoms with E-state index in [1.807, 2.05) is 0 Å². The number of rotatable bonds is 3. The summed E-state index contributed by atoms with van der Waals surface area (Å²) in [6, 6.07) is 2.22. The van der Waals surface area contributed by atoms with Gasteiger partial charge in [-0.1, -0.05) is 19.3 Å². The van der Waals surface area contributed by atoms with E-state index in [1.54, 1.807) is 11.0 Å². The number of aliphatic carboxylic acids is 1. The normalized spacial score (nSPS) is 29.8. The molecule has 1 aromatic rings. The van der Waals surface area contributed by atoms with Crippen LogP contribution in [0, 0.1) is 11.3 Å². The third-order valence-electron chi connectivity index (χ3n) is 7.76. The average molecular weight is 399 g/mol. The van der Waals surface area contributed by atoms with Crippen molar-refractivity contribution in [3.8, 4) is 0 Å². The van der Waals surface area contributed by atoms with E-state index in [0.717, 1.165) is 49.9 Å². The van der Waals surface area contributed by atoms with Crippen molar-refractivity contribution in [1.82, 2.24) is 14.8 Å². The Hall–Kier alpha value is -2.15. The summed E-state index contributed by atoms with van der Waals surface area (Å²) in [6.45, 7) is 1.87. The molecule has 2 N–H and O–H groups in total. The number of nitrogens with zero attached hydrogens (tertiary/aromatic N) is 2. The number of likely N-dealkylation sites (tertiary alicyclic amines) is 2. The summed E-state index contributed by atoms with van der Waals surface area (Å²) >= 11 is 0. The largest absolute Gasteiger partial charge is 0.481 e. The van der Waals surface area contributed by atoms with Gasteiger partial charge in [-0.3, -0.25) is 19.3 Å². The molecule has 7 heteroatoms. The number of pyridine rings is 1. The zero-order chi connectivity index (χ0) is 20.2. The number of fused-ring (bicyclic) bond motifs is 2. The Labute approximate surface area is 170 Å². The van der Waals surface area contributed by atoms with Crippen LogP contribution in [0.2, 0.25) is 0 Å². The Morgan fingerprint density at radius 2 is 1.86 bits per heavy atom. The van der Waals surface area contributed by atoms with E-state index in [2.05, 4.69) is 9.88 Å². The molecule has 4 aliphatic rings. The van der Waals surface area contributed by atoms with Crippen molar-refractivity contribution < 1.29 is 14.7 Å². The minimum absolute atomic E-state index is 0.0700. The maximum Gasteiger partial charge on any atom is 0.313 e. The van der Waals surface area contributed by atoms with Crippen LogP contribution in [0.15, 0.2) is 10.9 Å². The van der Waals surface area contributed by atoms with Gasteiger partial charge in [0.1, 0.15) is 11.0 Å². The number of carboxylic acids is 1. The summed E-state index contributed by atoms with van der Waals surface area (Å²) < 4.78 is 0. The van der Waals surface area contributed by atoms with Crippen LogP contribution in [0.25, 0.3) is 0 Å². The fourth-order valence-electron chi connectivity index (χ4n) is 6.13. The Morgan fingerprint density at radius 1 is 1.07 bits per heavy atom. The molecule has 1 saturated carbocycles. The topological polar surface area (TPSA) is 93.7 Å². The van der Waals surface area contributed by atoms with Gasteiger partial charge in [-0.05, 0) is 43.7 Å². The van der Waals surface area contributed by atoms with Gasteiger partial charge in [-0.2, -0.15) is 0 Å². The number of hydrogen-bond acceptors (Lipinski definition) is 4. The maximum atomic E-state index is 13.1. The molecule has 1 aromatic heterocycles. The lowest BCUT2D eigenvalue weighted by Gasteiger charge is -2.33. The first-order valence-corrected chi connectivity index (χ1v) is 11.0. The van der Waals surface area contributed by atoms with Gasteiger partial charge in [0.2, 0.25) is 0 Å². The number of aromatic nitrogens is 1. The summed E-state index contributed by atoms with van der Waals surface area (Å²) in [7, 11) is 0. The van der Waals surface area contributed by atoms with Gasteiger partial charge < -0.3 is 15.0 Å². The molecule has 0 radical (unpaired) electrons. The van der Waals surface area contributed by atoms with Gasteiger partial charge in [-0.25, -0.2) is 0 Å². The van der Waals surface area contributed by atoms with E-state index in [0.29, 0.717) is 19.1 Å². The minimum atomic E-state index is -0.906. The van der Waals surface area contributed by atoms with Crippen LogP contribution < -0.4 is 5.56 Å². The number of H-pyrrole nitrogens is 1. The number of carboxylic acid groups (broad SMARTS) is 1. The van der Waals surface area contributed by atoms with Gasteiger partial charge in [0.25, 0.3) is 11.5 Å². The standard InChI is InChI=1S/C22H29N3O4/c26-19-17(9-14-5-4-8-18(14)23-19)20(27)25-11-15-10-24(16-6-2-1-3-7-16)12-22(15,13-25)21(28)29/h9,15-16H,1-8,10-13H2,(H,23,26)(H,28,29)/t15?,22-/m1/s1. The zero-order valence-corrected chi connectivity index (χ0v) is 16.8. The molecule has 2 aliphatic heterocycles. The molecule has 0 aromatic carbocycles. The van der Waals surface area contributed by atoms with Crippen LogP contribution in [0.5, 0.6) is 0 Å². The number of nitrogens with one attached hydrogen (secondary N) is 1. The van der Waals surface area contributed by atoms with E-state index >= 15 is 0 Å². The summed E-state index contributed by atoms with van der Waals surface area (Å²) in [4.78, 5) is 44.8. The van der Waals surface area contributed by atoms with E-state index in [9.17, 15) is 19.5 Å². The lowest BCUT2D eigenvalue weighted by Crippen LogP contribution is -2.44. The zero-order valence-electron chi connectivity index (χ0n) is 16.8. The van der Waals surface area contributed by atoms with Gasteiger partial charge in [0.15, 0.2) is 0 Å². The average Bonchev–Trinajstić information content (AvgIpc) is 3.40. The lowest BCUT2D eigenvalue weighted by atomic mass is 9.81. The van der Waals surface area contributed by atoms with Crippen molar-refractivity contribution in [2.45, 2.75) is 57.4 Å². The van der Waals surface area contributed by atoms with Crippen LogP contribution in [0.4, 0.5) is 0 Å². The first-order chi connectivity index (χ1) is 14.0. The second-order valence-electron chi connectivity index (χ2n) is 9.43. The van der Waals surface area contributed by atoms with Crippen LogP contribution in [-0.2, 0) is 17.6 Å². The number of aromatic amines is 1. The number of aryl methyl sites for hydroxylation is 2. The van der Waals surface area contributed by atoms with Crippen molar-refractivity contribution in [3.63, 3.8) is 0 Å². The van der Waals surface area contributed by atoms with Gasteiger partial charge in [0, 0.05) is 43.8 Å². The van der Waals surface area contributed by atoms with Crippen LogP contribution in [-0.4, -0.2) is 64.0 Å². The lowest BCUT2D eigenvalue weighted by molar-refractivity contribution is -0.148. The molecule has 7 nitrogen and oxygen atoms in total. The highest BCUT2D eigenvalue weighted by molar-refractivity contribution is 5.95.